The summed E-state index contributed by atoms with van der Waals surface area (Å²) in [4.78, 5) is 0. The summed E-state index contributed by atoms with van der Waals surface area (Å²) in [5.41, 5.74) is 2.40. The summed E-state index contributed by atoms with van der Waals surface area (Å²) in [5, 5.41) is 4.26. The molecular formula is C18H22ClNO. The second kappa shape index (κ2) is 8.06. The van der Waals surface area contributed by atoms with Gasteiger partial charge < -0.3 is 10.1 Å². The summed E-state index contributed by atoms with van der Waals surface area (Å²) in [6, 6.07) is 16.3. The highest BCUT2D eigenvalue weighted by molar-refractivity contribution is 6.31. The van der Waals surface area contributed by atoms with Crippen LogP contribution in [0.2, 0.25) is 5.02 Å². The van der Waals surface area contributed by atoms with E-state index in [-0.39, 0.29) is 0 Å². The molecular weight excluding hydrogens is 282 g/mol. The molecule has 0 spiro atoms. The fourth-order valence-corrected chi connectivity index (χ4v) is 2.84. The van der Waals surface area contributed by atoms with Crippen molar-refractivity contribution >= 4 is 11.6 Å². The lowest BCUT2D eigenvalue weighted by Crippen LogP contribution is -2.23. The molecule has 0 saturated heterocycles. The quantitative estimate of drug-likeness (QED) is 0.824. The van der Waals surface area contributed by atoms with E-state index >= 15 is 0 Å². The summed E-state index contributed by atoms with van der Waals surface area (Å²) in [7, 11) is 1.72. The van der Waals surface area contributed by atoms with Crippen molar-refractivity contribution in [3.63, 3.8) is 0 Å². The van der Waals surface area contributed by atoms with Gasteiger partial charge in [0, 0.05) is 17.5 Å². The van der Waals surface area contributed by atoms with Crippen LogP contribution in [0.5, 0.6) is 5.75 Å². The minimum atomic E-state index is 0.329. The molecule has 1 unspecified atom stereocenters. The largest absolute Gasteiger partial charge is 0.496 e. The van der Waals surface area contributed by atoms with E-state index in [1.54, 1.807) is 7.11 Å². The average Bonchev–Trinajstić information content (AvgIpc) is 2.52. The van der Waals surface area contributed by atoms with E-state index in [4.69, 9.17) is 16.3 Å². The second-order valence-electron chi connectivity index (χ2n) is 5.04. The van der Waals surface area contributed by atoms with E-state index in [1.165, 1.54) is 11.1 Å². The van der Waals surface area contributed by atoms with Crippen molar-refractivity contribution in [1.29, 1.82) is 0 Å². The van der Waals surface area contributed by atoms with E-state index in [9.17, 15) is 0 Å². The van der Waals surface area contributed by atoms with Crippen molar-refractivity contribution in [3.8, 4) is 5.75 Å². The topological polar surface area (TPSA) is 21.3 Å². The maximum absolute atomic E-state index is 6.38. The molecule has 0 fully saturated rings. The predicted molar refractivity (Wildman–Crippen MR) is 89.4 cm³/mol. The minimum absolute atomic E-state index is 0.329. The van der Waals surface area contributed by atoms with Gasteiger partial charge in [0.1, 0.15) is 5.75 Å². The summed E-state index contributed by atoms with van der Waals surface area (Å²) in [6.07, 6.45) is 0.904. The number of nitrogens with one attached hydrogen (secondary N) is 1. The zero-order valence-electron chi connectivity index (χ0n) is 12.6. The number of halogens is 1. The first-order valence-corrected chi connectivity index (χ1v) is 7.71. The first-order chi connectivity index (χ1) is 10.3. The lowest BCUT2D eigenvalue weighted by molar-refractivity contribution is 0.407. The number of ether oxygens (including phenoxy) is 1. The number of methoxy groups -OCH3 is 1. The van der Waals surface area contributed by atoms with Gasteiger partial charge in [0.05, 0.1) is 7.11 Å². The SMILES string of the molecule is CCNCC(Cc1ccccc1OC)c1ccccc1Cl. The molecule has 0 amide bonds. The van der Waals surface area contributed by atoms with Gasteiger partial charge in [-0.15, -0.1) is 0 Å². The first-order valence-electron chi connectivity index (χ1n) is 7.33. The van der Waals surface area contributed by atoms with Gasteiger partial charge in [-0.3, -0.25) is 0 Å². The Labute approximate surface area is 132 Å². The summed E-state index contributed by atoms with van der Waals surface area (Å²) < 4.78 is 5.46. The standard InChI is InChI=1S/C18H22ClNO/c1-3-20-13-15(16-9-5-6-10-17(16)19)12-14-8-4-7-11-18(14)21-2/h4-11,15,20H,3,12-13H2,1-2H3. The van der Waals surface area contributed by atoms with Crippen LogP contribution in [0, 0.1) is 0 Å². The Hall–Kier alpha value is -1.51. The molecule has 0 heterocycles. The molecule has 0 aliphatic carbocycles. The molecule has 2 aromatic carbocycles. The Morgan fingerprint density at radius 2 is 1.81 bits per heavy atom. The number of hydrogen-bond donors (Lipinski definition) is 1. The Morgan fingerprint density at radius 1 is 1.10 bits per heavy atom. The Morgan fingerprint density at radius 3 is 2.52 bits per heavy atom. The number of likely N-dealkylation sites (N-methyl/N-ethyl adjacent to an activating group) is 1. The van der Waals surface area contributed by atoms with Crippen LogP contribution in [0.1, 0.15) is 24.0 Å². The summed E-state index contributed by atoms with van der Waals surface area (Å²) in [5.74, 6) is 1.26. The van der Waals surface area contributed by atoms with E-state index in [0.717, 1.165) is 30.3 Å². The normalized spacial score (nSPS) is 12.1. The molecule has 0 aromatic heterocycles. The molecule has 0 bridgehead atoms. The third kappa shape index (κ3) is 4.23. The Bertz CT molecular complexity index is 571. The first kappa shape index (κ1) is 15.9. The lowest BCUT2D eigenvalue weighted by atomic mass is 9.91. The molecule has 21 heavy (non-hydrogen) atoms. The molecule has 0 radical (unpaired) electrons. The number of benzene rings is 2. The number of hydrogen-bond acceptors (Lipinski definition) is 2. The molecule has 1 N–H and O–H groups in total. The molecule has 2 rings (SSSR count). The van der Waals surface area contributed by atoms with Crippen LogP contribution >= 0.6 is 11.6 Å². The molecule has 0 aliphatic rings. The van der Waals surface area contributed by atoms with Crippen molar-refractivity contribution < 1.29 is 4.74 Å². The van der Waals surface area contributed by atoms with Crippen LogP contribution in [0.4, 0.5) is 0 Å². The van der Waals surface area contributed by atoms with Crippen molar-refractivity contribution in [2.75, 3.05) is 20.2 Å². The molecule has 0 saturated carbocycles. The van der Waals surface area contributed by atoms with Crippen LogP contribution in [-0.4, -0.2) is 20.2 Å². The number of rotatable bonds is 7. The van der Waals surface area contributed by atoms with Gasteiger partial charge in [-0.1, -0.05) is 54.9 Å². The Kier molecular flexibility index (Phi) is 6.09. The van der Waals surface area contributed by atoms with Gasteiger partial charge in [-0.2, -0.15) is 0 Å². The predicted octanol–water partition coefficient (Wildman–Crippen LogP) is 4.28. The van der Waals surface area contributed by atoms with Crippen LogP contribution in [0.15, 0.2) is 48.5 Å². The van der Waals surface area contributed by atoms with E-state index in [2.05, 4.69) is 30.4 Å². The van der Waals surface area contributed by atoms with Crippen molar-refractivity contribution in [1.82, 2.24) is 5.32 Å². The monoisotopic (exact) mass is 303 g/mol. The minimum Gasteiger partial charge on any atom is -0.496 e. The van der Waals surface area contributed by atoms with Gasteiger partial charge in [-0.25, -0.2) is 0 Å². The smallest absolute Gasteiger partial charge is 0.122 e. The van der Waals surface area contributed by atoms with E-state index in [0.29, 0.717) is 5.92 Å². The highest BCUT2D eigenvalue weighted by atomic mass is 35.5. The zero-order chi connectivity index (χ0) is 15.1. The van der Waals surface area contributed by atoms with Gasteiger partial charge in [0.2, 0.25) is 0 Å². The fourth-order valence-electron chi connectivity index (χ4n) is 2.55. The fraction of sp³-hybridized carbons (Fsp3) is 0.333. The van der Waals surface area contributed by atoms with Gasteiger partial charge in [0.25, 0.3) is 0 Å². The maximum Gasteiger partial charge on any atom is 0.122 e. The second-order valence-corrected chi connectivity index (χ2v) is 5.45. The summed E-state index contributed by atoms with van der Waals surface area (Å²) >= 11 is 6.38. The van der Waals surface area contributed by atoms with Gasteiger partial charge in [-0.05, 0) is 36.2 Å². The van der Waals surface area contributed by atoms with Crippen LogP contribution in [0.25, 0.3) is 0 Å². The molecule has 0 aliphatic heterocycles. The van der Waals surface area contributed by atoms with Crippen LogP contribution in [0.3, 0.4) is 0 Å². The van der Waals surface area contributed by atoms with Crippen molar-refractivity contribution in [2.24, 2.45) is 0 Å². The van der Waals surface area contributed by atoms with Crippen molar-refractivity contribution in [2.45, 2.75) is 19.3 Å². The zero-order valence-corrected chi connectivity index (χ0v) is 13.4. The van der Waals surface area contributed by atoms with Gasteiger partial charge >= 0.3 is 0 Å². The molecule has 2 nitrogen and oxygen atoms in total. The maximum atomic E-state index is 6.38. The number of para-hydroxylation sites is 1. The van der Waals surface area contributed by atoms with Crippen molar-refractivity contribution in [3.05, 3.63) is 64.7 Å². The Balaban J connectivity index is 2.26. The average molecular weight is 304 g/mol. The molecule has 1 atom stereocenters. The highest BCUT2D eigenvalue weighted by Gasteiger charge is 2.16. The third-order valence-corrected chi connectivity index (χ3v) is 3.99. The lowest BCUT2D eigenvalue weighted by Gasteiger charge is -2.20. The summed E-state index contributed by atoms with van der Waals surface area (Å²) in [6.45, 7) is 3.97. The molecule has 112 valence electrons. The third-order valence-electron chi connectivity index (χ3n) is 3.64. The molecule has 3 heteroatoms. The van der Waals surface area contributed by atoms with Crippen LogP contribution < -0.4 is 10.1 Å². The van der Waals surface area contributed by atoms with Gasteiger partial charge in [0.15, 0.2) is 0 Å². The molecule has 2 aromatic rings. The van der Waals surface area contributed by atoms with E-state index < -0.39 is 0 Å². The van der Waals surface area contributed by atoms with E-state index in [1.807, 2.05) is 30.3 Å². The highest BCUT2D eigenvalue weighted by Crippen LogP contribution is 2.30. The van der Waals surface area contributed by atoms with Crippen LogP contribution in [-0.2, 0) is 6.42 Å².